The van der Waals surface area contributed by atoms with E-state index in [9.17, 15) is 30.7 Å². The van der Waals surface area contributed by atoms with Gasteiger partial charge >= 0.3 is 6.36 Å². The lowest BCUT2D eigenvalue weighted by atomic mass is 9.86. The number of hydrogen-bond acceptors (Lipinski definition) is 1. The third-order valence-corrected chi connectivity index (χ3v) is 4.50. The maximum Gasteiger partial charge on any atom is 0.573 e. The van der Waals surface area contributed by atoms with Crippen LogP contribution < -0.4 is 4.74 Å². The Morgan fingerprint density at radius 1 is 0.964 bits per heavy atom. The molecule has 0 fully saturated rings. The maximum absolute atomic E-state index is 14.9. The lowest BCUT2D eigenvalue weighted by Crippen LogP contribution is -2.19. The number of benzene rings is 2. The van der Waals surface area contributed by atoms with Gasteiger partial charge < -0.3 is 4.74 Å². The van der Waals surface area contributed by atoms with Crippen LogP contribution in [0.3, 0.4) is 0 Å². The Labute approximate surface area is 156 Å². The van der Waals surface area contributed by atoms with Crippen LogP contribution >= 0.6 is 0 Å². The summed E-state index contributed by atoms with van der Waals surface area (Å²) in [4.78, 5) is 0. The molecule has 8 heteroatoms. The predicted molar refractivity (Wildman–Crippen MR) is 88.8 cm³/mol. The minimum atomic E-state index is -5.31. The van der Waals surface area contributed by atoms with E-state index in [1.807, 2.05) is 13.0 Å². The van der Waals surface area contributed by atoms with Gasteiger partial charge in [-0.2, -0.15) is 0 Å². The van der Waals surface area contributed by atoms with Gasteiger partial charge in [-0.1, -0.05) is 25.0 Å². The van der Waals surface area contributed by atoms with Crippen molar-refractivity contribution in [2.45, 2.75) is 39.0 Å². The van der Waals surface area contributed by atoms with E-state index in [-0.39, 0.29) is 12.0 Å². The molecule has 0 heterocycles. The van der Waals surface area contributed by atoms with Crippen molar-refractivity contribution in [3.8, 4) is 16.9 Å². The van der Waals surface area contributed by atoms with E-state index in [0.29, 0.717) is 24.1 Å². The molecule has 1 aliphatic rings. The molecule has 0 atom stereocenters. The summed E-state index contributed by atoms with van der Waals surface area (Å²) >= 11 is 0. The normalized spacial score (nSPS) is 13.9. The van der Waals surface area contributed by atoms with Crippen molar-refractivity contribution in [3.63, 3.8) is 0 Å². The lowest BCUT2D eigenvalue weighted by Gasteiger charge is -2.20. The highest BCUT2D eigenvalue weighted by Crippen LogP contribution is 2.37. The second kappa shape index (κ2) is 7.48. The van der Waals surface area contributed by atoms with Gasteiger partial charge in [0.15, 0.2) is 11.6 Å². The van der Waals surface area contributed by atoms with Gasteiger partial charge in [-0.3, -0.25) is 0 Å². The Morgan fingerprint density at radius 3 is 2.18 bits per heavy atom. The molecular weight excluding hydrogens is 389 g/mol. The van der Waals surface area contributed by atoms with Gasteiger partial charge in [-0.05, 0) is 54.2 Å². The number of ether oxygens (including phenoxy) is 1. The average molecular weight is 404 g/mol. The maximum atomic E-state index is 14.9. The highest BCUT2D eigenvalue weighted by Gasteiger charge is 2.34. The van der Waals surface area contributed by atoms with Crippen molar-refractivity contribution in [2.24, 2.45) is 0 Å². The quantitative estimate of drug-likeness (QED) is 0.410. The molecule has 0 bridgehead atoms. The van der Waals surface area contributed by atoms with Crippen molar-refractivity contribution >= 4 is 0 Å². The third kappa shape index (κ3) is 4.00. The molecule has 0 spiro atoms. The summed E-state index contributed by atoms with van der Waals surface area (Å²) in [5.74, 6) is -7.13. The molecule has 1 aliphatic carbocycles. The molecule has 3 rings (SSSR count). The highest BCUT2D eigenvalue weighted by molar-refractivity contribution is 5.68. The molecule has 0 aromatic heterocycles. The van der Waals surface area contributed by atoms with E-state index in [0.717, 1.165) is 24.5 Å². The molecule has 0 radical (unpaired) electrons. The minimum absolute atomic E-state index is 0.198. The standard InChI is InChI=1S/C20H15F7O/c1-2-3-10-4-5-13-11(6-10)7-14(21)17(18(13)24)12-8-15(22)19(16(23)9-12)28-20(25,26)27/h4,7-9H,2-3,5-6H2,1H3. The summed E-state index contributed by atoms with van der Waals surface area (Å²) in [6.07, 6.45) is -1.23. The van der Waals surface area contributed by atoms with Crippen LogP contribution in [0.5, 0.6) is 5.75 Å². The van der Waals surface area contributed by atoms with E-state index >= 15 is 0 Å². The fraction of sp³-hybridized carbons (Fsp3) is 0.300. The first kappa shape index (κ1) is 20.2. The van der Waals surface area contributed by atoms with Crippen LogP contribution in [0.25, 0.3) is 11.1 Å². The topological polar surface area (TPSA) is 9.23 Å². The van der Waals surface area contributed by atoms with Crippen molar-refractivity contribution in [1.82, 2.24) is 0 Å². The van der Waals surface area contributed by atoms with E-state index in [2.05, 4.69) is 4.74 Å². The number of fused-ring (bicyclic) bond motifs is 1. The van der Waals surface area contributed by atoms with Crippen molar-refractivity contribution in [3.05, 3.63) is 64.2 Å². The number of alkyl halides is 3. The van der Waals surface area contributed by atoms with Crippen LogP contribution in [0.2, 0.25) is 0 Å². The predicted octanol–water partition coefficient (Wildman–Crippen LogP) is 6.63. The molecule has 150 valence electrons. The summed E-state index contributed by atoms with van der Waals surface area (Å²) in [5, 5.41) is 0. The van der Waals surface area contributed by atoms with Crippen LogP contribution in [0.4, 0.5) is 30.7 Å². The summed E-state index contributed by atoms with van der Waals surface area (Å²) in [5.41, 5.74) is 0.454. The zero-order chi connectivity index (χ0) is 20.6. The Balaban J connectivity index is 2.05. The molecular formula is C20H15F7O. The number of halogens is 7. The second-order valence-electron chi connectivity index (χ2n) is 6.50. The number of rotatable bonds is 4. The molecule has 0 unspecified atom stereocenters. The summed E-state index contributed by atoms with van der Waals surface area (Å²) < 4.78 is 97.4. The molecule has 2 aromatic rings. The molecule has 0 saturated heterocycles. The zero-order valence-corrected chi connectivity index (χ0v) is 14.7. The van der Waals surface area contributed by atoms with Crippen molar-refractivity contribution < 1.29 is 35.5 Å². The van der Waals surface area contributed by atoms with Gasteiger partial charge in [0.05, 0.1) is 5.56 Å². The Hall–Kier alpha value is -2.51. The summed E-state index contributed by atoms with van der Waals surface area (Å²) in [7, 11) is 0. The van der Waals surface area contributed by atoms with Crippen LogP contribution in [-0.4, -0.2) is 6.36 Å². The van der Waals surface area contributed by atoms with Crippen molar-refractivity contribution in [1.29, 1.82) is 0 Å². The molecule has 1 nitrogen and oxygen atoms in total. The molecule has 0 amide bonds. The van der Waals surface area contributed by atoms with Gasteiger partial charge in [-0.25, -0.2) is 17.6 Å². The van der Waals surface area contributed by atoms with Crippen LogP contribution in [-0.2, 0) is 12.8 Å². The minimum Gasteiger partial charge on any atom is -0.399 e. The smallest absolute Gasteiger partial charge is 0.399 e. The number of hydrogen-bond donors (Lipinski definition) is 0. The first-order chi connectivity index (χ1) is 13.1. The van der Waals surface area contributed by atoms with Gasteiger partial charge in [0.25, 0.3) is 0 Å². The van der Waals surface area contributed by atoms with Gasteiger partial charge in [0, 0.05) is 0 Å². The van der Waals surface area contributed by atoms with E-state index in [1.54, 1.807) is 0 Å². The molecule has 2 aromatic carbocycles. The van der Waals surface area contributed by atoms with Gasteiger partial charge in [0.2, 0.25) is 5.75 Å². The van der Waals surface area contributed by atoms with Crippen LogP contribution in [0, 0.1) is 23.3 Å². The zero-order valence-electron chi connectivity index (χ0n) is 14.7. The van der Waals surface area contributed by atoms with E-state index in [4.69, 9.17) is 0 Å². The molecule has 0 saturated carbocycles. The monoisotopic (exact) mass is 404 g/mol. The first-order valence-electron chi connectivity index (χ1n) is 8.53. The van der Waals surface area contributed by atoms with Crippen molar-refractivity contribution in [2.75, 3.05) is 0 Å². The Bertz CT molecular complexity index is 922. The fourth-order valence-corrected chi connectivity index (χ4v) is 3.34. The van der Waals surface area contributed by atoms with E-state index < -0.39 is 46.5 Å². The largest absolute Gasteiger partial charge is 0.573 e. The second-order valence-corrected chi connectivity index (χ2v) is 6.50. The highest BCUT2D eigenvalue weighted by atomic mass is 19.4. The summed E-state index contributed by atoms with van der Waals surface area (Å²) in [6.45, 7) is 1.98. The molecule has 0 aliphatic heterocycles. The van der Waals surface area contributed by atoms with Gasteiger partial charge in [0.1, 0.15) is 11.6 Å². The SMILES string of the molecule is CCCC1=CCc2c(cc(F)c(-c3cc(F)c(OC(F)(F)F)c(F)c3)c2F)C1. The molecule has 0 N–H and O–H groups in total. The lowest BCUT2D eigenvalue weighted by molar-refractivity contribution is -0.276. The fourth-order valence-electron chi connectivity index (χ4n) is 3.34. The summed E-state index contributed by atoms with van der Waals surface area (Å²) in [6, 6.07) is 1.94. The Kier molecular flexibility index (Phi) is 5.41. The van der Waals surface area contributed by atoms with Gasteiger partial charge in [-0.15, -0.1) is 13.2 Å². The molecule has 28 heavy (non-hydrogen) atoms. The van der Waals surface area contributed by atoms with E-state index in [1.165, 1.54) is 0 Å². The third-order valence-electron chi connectivity index (χ3n) is 4.50. The van der Waals surface area contributed by atoms with Crippen LogP contribution in [0.15, 0.2) is 29.8 Å². The first-order valence-corrected chi connectivity index (χ1v) is 8.53. The number of allylic oxidation sites excluding steroid dienone is 2. The van der Waals surface area contributed by atoms with Crippen LogP contribution in [0.1, 0.15) is 30.9 Å². The Morgan fingerprint density at radius 2 is 1.61 bits per heavy atom. The average Bonchev–Trinajstić information content (AvgIpc) is 2.57.